The van der Waals surface area contributed by atoms with Crippen LogP contribution in [-0.2, 0) is 0 Å². The van der Waals surface area contributed by atoms with Gasteiger partial charge in [0.15, 0.2) is 11.5 Å². The Bertz CT molecular complexity index is 595. The second-order valence-electron chi connectivity index (χ2n) is 4.53. The zero-order valence-corrected chi connectivity index (χ0v) is 10.7. The highest BCUT2D eigenvalue weighted by Crippen LogP contribution is 2.44. The largest absolute Gasteiger partial charge is 0.508 e. The molecular weight excluding hydrogens is 228 g/mol. The molecule has 0 atom stereocenters. The molecule has 18 heavy (non-hydrogen) atoms. The van der Waals surface area contributed by atoms with Gasteiger partial charge in [0.1, 0.15) is 5.75 Å². The van der Waals surface area contributed by atoms with Crippen LogP contribution in [0.2, 0.25) is 0 Å². The van der Waals surface area contributed by atoms with Gasteiger partial charge in [-0.3, -0.25) is 0 Å². The summed E-state index contributed by atoms with van der Waals surface area (Å²) in [6, 6.07) is 7.27. The second-order valence-corrected chi connectivity index (χ2v) is 4.53. The van der Waals surface area contributed by atoms with Gasteiger partial charge < -0.3 is 15.3 Å². The van der Waals surface area contributed by atoms with Crippen LogP contribution in [0.3, 0.4) is 0 Å². The molecule has 3 N–H and O–H groups in total. The first-order valence-electron chi connectivity index (χ1n) is 5.74. The fraction of sp³-hybridized carbons (Fsp3) is 0.200. The van der Waals surface area contributed by atoms with E-state index in [9.17, 15) is 15.3 Å². The highest BCUT2D eigenvalue weighted by Gasteiger charge is 2.17. The van der Waals surface area contributed by atoms with Gasteiger partial charge in [-0.25, -0.2) is 0 Å². The molecule has 0 spiro atoms. The highest BCUT2D eigenvalue weighted by molar-refractivity contribution is 5.80. The first-order valence-corrected chi connectivity index (χ1v) is 5.74. The molecule has 94 valence electrons. The Morgan fingerprint density at radius 3 is 1.94 bits per heavy atom. The summed E-state index contributed by atoms with van der Waals surface area (Å²) in [7, 11) is 0. The van der Waals surface area contributed by atoms with Gasteiger partial charge in [0, 0.05) is 11.1 Å². The normalized spacial score (nSPS) is 10.6. The Morgan fingerprint density at radius 2 is 1.39 bits per heavy atom. The van der Waals surface area contributed by atoms with E-state index in [4.69, 9.17) is 0 Å². The minimum atomic E-state index is -0.271. The standard InChI is InChI=1S/C15H16O3/c1-8-5-4-6-9(2)13(8)11-7-12(16)10(3)14(17)15(11)18/h4-7,16-18H,1-3H3. The van der Waals surface area contributed by atoms with E-state index in [1.165, 1.54) is 6.07 Å². The summed E-state index contributed by atoms with van der Waals surface area (Å²) < 4.78 is 0. The summed E-state index contributed by atoms with van der Waals surface area (Å²) >= 11 is 0. The third-order valence-corrected chi connectivity index (χ3v) is 3.25. The topological polar surface area (TPSA) is 60.7 Å². The molecule has 0 aromatic heterocycles. The lowest BCUT2D eigenvalue weighted by Gasteiger charge is -2.14. The lowest BCUT2D eigenvalue weighted by Crippen LogP contribution is -1.90. The van der Waals surface area contributed by atoms with Crippen LogP contribution < -0.4 is 0 Å². The van der Waals surface area contributed by atoms with Gasteiger partial charge in [-0.1, -0.05) is 18.2 Å². The molecule has 0 aliphatic rings. The number of rotatable bonds is 1. The van der Waals surface area contributed by atoms with Gasteiger partial charge in [-0.15, -0.1) is 0 Å². The number of phenols is 3. The molecular formula is C15H16O3. The summed E-state index contributed by atoms with van der Waals surface area (Å²) in [6.07, 6.45) is 0. The highest BCUT2D eigenvalue weighted by atomic mass is 16.3. The average Bonchev–Trinajstić information content (AvgIpc) is 2.32. The summed E-state index contributed by atoms with van der Waals surface area (Å²) in [5.41, 5.74) is 3.52. The molecule has 0 amide bonds. The van der Waals surface area contributed by atoms with Crippen LogP contribution >= 0.6 is 0 Å². The van der Waals surface area contributed by atoms with Crippen LogP contribution in [0.4, 0.5) is 0 Å². The summed E-state index contributed by atoms with van der Waals surface area (Å²) in [5, 5.41) is 29.6. The molecule has 0 fully saturated rings. The van der Waals surface area contributed by atoms with Crippen molar-refractivity contribution in [3.05, 3.63) is 41.0 Å². The van der Waals surface area contributed by atoms with Crippen LogP contribution in [0, 0.1) is 20.8 Å². The third-order valence-electron chi connectivity index (χ3n) is 3.25. The summed E-state index contributed by atoms with van der Waals surface area (Å²) in [6.45, 7) is 5.41. The minimum absolute atomic E-state index is 0.0250. The Balaban J connectivity index is 2.80. The van der Waals surface area contributed by atoms with Crippen molar-refractivity contribution in [2.45, 2.75) is 20.8 Å². The van der Waals surface area contributed by atoms with Gasteiger partial charge in [0.2, 0.25) is 0 Å². The predicted octanol–water partition coefficient (Wildman–Crippen LogP) is 3.40. The number of aromatic hydroxyl groups is 3. The quantitative estimate of drug-likeness (QED) is 0.532. The van der Waals surface area contributed by atoms with Crippen molar-refractivity contribution in [3.63, 3.8) is 0 Å². The minimum Gasteiger partial charge on any atom is -0.508 e. The molecule has 0 radical (unpaired) electrons. The lowest BCUT2D eigenvalue weighted by atomic mass is 9.93. The number of benzene rings is 2. The monoisotopic (exact) mass is 244 g/mol. The van der Waals surface area contributed by atoms with Crippen LogP contribution in [0.5, 0.6) is 17.2 Å². The van der Waals surface area contributed by atoms with E-state index in [0.29, 0.717) is 5.56 Å². The maximum absolute atomic E-state index is 10.0. The van der Waals surface area contributed by atoms with E-state index in [0.717, 1.165) is 16.7 Å². The smallest absolute Gasteiger partial charge is 0.166 e. The Hall–Kier alpha value is -2.16. The molecule has 0 bridgehead atoms. The van der Waals surface area contributed by atoms with Gasteiger partial charge in [0.25, 0.3) is 0 Å². The third kappa shape index (κ3) is 1.78. The van der Waals surface area contributed by atoms with Crippen molar-refractivity contribution in [2.75, 3.05) is 0 Å². The molecule has 2 aromatic carbocycles. The molecule has 2 rings (SSSR count). The number of hydrogen-bond acceptors (Lipinski definition) is 3. The number of aryl methyl sites for hydroxylation is 2. The Labute approximate surface area is 106 Å². The van der Waals surface area contributed by atoms with Crippen LogP contribution in [0.1, 0.15) is 16.7 Å². The van der Waals surface area contributed by atoms with Crippen molar-refractivity contribution in [3.8, 4) is 28.4 Å². The molecule has 0 saturated heterocycles. The average molecular weight is 244 g/mol. The summed E-state index contributed by atoms with van der Waals surface area (Å²) in [4.78, 5) is 0. The van der Waals surface area contributed by atoms with E-state index in [-0.39, 0.29) is 22.8 Å². The molecule has 0 heterocycles. The van der Waals surface area contributed by atoms with E-state index < -0.39 is 0 Å². The number of hydrogen-bond donors (Lipinski definition) is 3. The molecule has 3 nitrogen and oxygen atoms in total. The maximum atomic E-state index is 10.0. The van der Waals surface area contributed by atoms with Gasteiger partial charge in [0.05, 0.1) is 0 Å². The lowest BCUT2D eigenvalue weighted by molar-refractivity contribution is 0.393. The molecule has 2 aromatic rings. The number of phenolic OH excluding ortho intramolecular Hbond substituents is 3. The maximum Gasteiger partial charge on any atom is 0.166 e. The Kier molecular flexibility index (Phi) is 2.91. The van der Waals surface area contributed by atoms with Gasteiger partial charge in [-0.2, -0.15) is 0 Å². The molecule has 0 unspecified atom stereocenters. The van der Waals surface area contributed by atoms with Gasteiger partial charge in [-0.05, 0) is 43.5 Å². The first kappa shape index (κ1) is 12.3. The van der Waals surface area contributed by atoms with Crippen molar-refractivity contribution in [1.82, 2.24) is 0 Å². The van der Waals surface area contributed by atoms with E-state index in [1.807, 2.05) is 32.0 Å². The fourth-order valence-electron chi connectivity index (χ4n) is 2.17. The first-order chi connectivity index (χ1) is 8.43. The molecule has 0 saturated carbocycles. The molecule has 0 aliphatic carbocycles. The SMILES string of the molecule is Cc1cccc(C)c1-c1cc(O)c(C)c(O)c1O. The summed E-state index contributed by atoms with van der Waals surface area (Å²) in [5.74, 6) is -0.488. The zero-order chi connectivity index (χ0) is 13.4. The van der Waals surface area contributed by atoms with Crippen molar-refractivity contribution in [2.24, 2.45) is 0 Å². The van der Waals surface area contributed by atoms with E-state index >= 15 is 0 Å². The van der Waals surface area contributed by atoms with E-state index in [2.05, 4.69) is 0 Å². The predicted molar refractivity (Wildman–Crippen MR) is 71.1 cm³/mol. The van der Waals surface area contributed by atoms with Crippen molar-refractivity contribution < 1.29 is 15.3 Å². The van der Waals surface area contributed by atoms with Crippen LogP contribution in [0.15, 0.2) is 24.3 Å². The fourth-order valence-corrected chi connectivity index (χ4v) is 2.17. The Morgan fingerprint density at radius 1 is 0.833 bits per heavy atom. The zero-order valence-electron chi connectivity index (χ0n) is 10.7. The molecule has 0 aliphatic heterocycles. The van der Waals surface area contributed by atoms with Crippen molar-refractivity contribution >= 4 is 0 Å². The van der Waals surface area contributed by atoms with Crippen LogP contribution in [-0.4, -0.2) is 15.3 Å². The van der Waals surface area contributed by atoms with Crippen molar-refractivity contribution in [1.29, 1.82) is 0 Å². The second kappa shape index (κ2) is 4.26. The van der Waals surface area contributed by atoms with E-state index in [1.54, 1.807) is 6.92 Å². The van der Waals surface area contributed by atoms with Crippen LogP contribution in [0.25, 0.3) is 11.1 Å². The van der Waals surface area contributed by atoms with Gasteiger partial charge >= 0.3 is 0 Å². The molecule has 3 heteroatoms.